The van der Waals surface area contributed by atoms with Crippen LogP contribution in [0.2, 0.25) is 0 Å². The summed E-state index contributed by atoms with van der Waals surface area (Å²) in [7, 11) is 0. The maximum Gasteiger partial charge on any atom is 0.253 e. The van der Waals surface area contributed by atoms with Crippen LogP contribution in [0.15, 0.2) is 422 Å². The van der Waals surface area contributed by atoms with E-state index in [0.29, 0.717) is 0 Å². The highest BCUT2D eigenvalue weighted by Crippen LogP contribution is 2.54. The van der Waals surface area contributed by atoms with E-state index in [0.717, 1.165) is 146 Å². The van der Waals surface area contributed by atoms with Crippen molar-refractivity contribution >= 4 is 126 Å². The molecule has 0 fully saturated rings. The first kappa shape index (κ1) is 64.6. The molecule has 0 aliphatic carbocycles. The zero-order chi connectivity index (χ0) is 72.6. The third kappa shape index (κ3) is 11.2. The van der Waals surface area contributed by atoms with Crippen LogP contribution < -0.4 is 57.1 Å². The molecule has 0 radical (unpaired) electrons. The molecule has 17 aromatic carbocycles. The molecule has 17 aromatic rings. The Balaban J connectivity index is 0.841. The van der Waals surface area contributed by atoms with E-state index in [1.165, 1.54) is 43.3 Å². The van der Waals surface area contributed by atoms with Gasteiger partial charge >= 0.3 is 0 Å². The monoisotopic (exact) mass is 1420 g/mol. The summed E-state index contributed by atoms with van der Waals surface area (Å²) in [6, 6.07) is 152. The van der Waals surface area contributed by atoms with Crippen LogP contribution in [0.4, 0.5) is 68.2 Å². The van der Waals surface area contributed by atoms with Crippen molar-refractivity contribution in [2.45, 2.75) is 9.79 Å². The highest BCUT2D eigenvalue weighted by molar-refractivity contribution is 8.00. The summed E-state index contributed by atoms with van der Waals surface area (Å²) < 4.78 is 7.38. The van der Waals surface area contributed by atoms with Crippen LogP contribution in [0.25, 0.3) is 66.8 Å². The lowest BCUT2D eigenvalue weighted by atomic mass is 9.31. The first-order valence-electron chi connectivity index (χ1n) is 37.8. The molecule has 514 valence electrons. The van der Waals surface area contributed by atoms with Crippen LogP contribution in [-0.2, 0) is 0 Å². The minimum atomic E-state index is -0.234. The summed E-state index contributed by atoms with van der Waals surface area (Å²) >= 11 is 1.86. The molecule has 4 aliphatic heterocycles. The van der Waals surface area contributed by atoms with Crippen LogP contribution in [0.3, 0.4) is 0 Å². The second-order valence-corrected chi connectivity index (χ2v) is 29.7. The van der Waals surface area contributed by atoms with Gasteiger partial charge in [-0.1, -0.05) is 327 Å². The quantitative estimate of drug-likeness (QED) is 0.101. The van der Waals surface area contributed by atoms with Gasteiger partial charge in [-0.25, -0.2) is 0 Å². The average molecular weight is 1420 g/mol. The molecule has 5 nitrogen and oxygen atoms in total. The topological polar surface area (TPSA) is 22.2 Å². The van der Waals surface area contributed by atoms with Crippen molar-refractivity contribution in [1.29, 1.82) is 0 Å². The molecule has 8 heteroatoms. The molecule has 0 aromatic heterocycles. The molecule has 0 saturated carbocycles. The second-order valence-electron chi connectivity index (χ2n) is 28.6. The molecule has 4 heterocycles. The Morgan fingerprint density at radius 2 is 0.645 bits per heavy atom. The Labute approximate surface area is 646 Å². The minimum absolute atomic E-state index is 0.179. The van der Waals surface area contributed by atoms with Gasteiger partial charge in [-0.15, -0.1) is 0 Å². The predicted molar refractivity (Wildman–Crippen MR) is 464 cm³/mol. The summed E-state index contributed by atoms with van der Waals surface area (Å²) in [4.78, 5) is 12.5. The molecule has 4 aliphatic rings. The normalized spacial score (nSPS) is 12.5. The van der Waals surface area contributed by atoms with Gasteiger partial charge in [0.25, 0.3) is 13.4 Å². The third-order valence-corrected chi connectivity index (χ3v) is 23.4. The second kappa shape index (κ2) is 27.2. The molecular formula is C102H68B2N4OS. The minimum Gasteiger partial charge on any atom is -0.458 e. The van der Waals surface area contributed by atoms with Crippen molar-refractivity contribution < 1.29 is 4.74 Å². The van der Waals surface area contributed by atoms with E-state index in [9.17, 15) is 0 Å². The zero-order valence-electron chi connectivity index (χ0n) is 60.0. The van der Waals surface area contributed by atoms with E-state index in [4.69, 9.17) is 4.74 Å². The Hall–Kier alpha value is -13.8. The number of rotatable bonds is 14. The molecular weight excluding hydrogens is 1350 g/mol. The van der Waals surface area contributed by atoms with Gasteiger partial charge in [-0.05, 0) is 180 Å². The van der Waals surface area contributed by atoms with Crippen molar-refractivity contribution in [2.75, 3.05) is 19.6 Å². The fourth-order valence-corrected chi connectivity index (χ4v) is 18.6. The summed E-state index contributed by atoms with van der Waals surface area (Å²) in [5.41, 5.74) is 33.7. The average Bonchev–Trinajstić information content (AvgIpc) is 0.684. The highest BCUT2D eigenvalue weighted by Gasteiger charge is 2.48. The number of para-hydroxylation sites is 4. The van der Waals surface area contributed by atoms with Crippen molar-refractivity contribution in [3.05, 3.63) is 413 Å². The van der Waals surface area contributed by atoms with Crippen LogP contribution in [0, 0.1) is 0 Å². The van der Waals surface area contributed by atoms with Crippen LogP contribution in [0.5, 0.6) is 11.5 Å². The predicted octanol–water partition coefficient (Wildman–Crippen LogP) is 23.8. The number of anilines is 12. The standard InChI is InChI=1S/C102H68B2N4OS/c1-8-29-69(30-9-1)73-53-57-80(58-54-73)105(82-45-26-41-77(61-82)71-33-12-3-13-34-71)84-63-94-100-95(64-84)108(102-86(75-37-16-5-17-38-75)47-28-48-87(102)76-39-18-6-19-40-76)93-68-98-91(67-90(93)103(100)88-49-22-24-51-92(88)107(94)79-43-20-7-21-44-79)104-89-50-23-25-52-96(89)109-97-65-85(66-99(110-98)101(97)104)106(81-59-55-74(56-60-81)70-31-10-2-11-32-70)83-46-27-42-78(62-83)72-35-14-4-15-36-72/h1-68H. The first-order valence-corrected chi connectivity index (χ1v) is 38.6. The molecule has 110 heavy (non-hydrogen) atoms. The molecule has 0 bridgehead atoms. The van der Waals surface area contributed by atoms with Gasteiger partial charge < -0.3 is 24.3 Å². The van der Waals surface area contributed by atoms with Gasteiger partial charge in [0.05, 0.1) is 17.1 Å². The number of hydrogen-bond donors (Lipinski definition) is 0. The number of nitrogens with zero attached hydrogens (tertiary/aromatic N) is 4. The van der Waals surface area contributed by atoms with Gasteiger partial charge in [0, 0.05) is 78.2 Å². The summed E-state index contributed by atoms with van der Waals surface area (Å²) in [6.07, 6.45) is 0. The highest BCUT2D eigenvalue weighted by atomic mass is 32.2. The van der Waals surface area contributed by atoms with E-state index < -0.39 is 0 Å². The molecule has 0 unspecified atom stereocenters. The molecule has 21 rings (SSSR count). The lowest BCUT2D eigenvalue weighted by Crippen LogP contribution is -2.64. The third-order valence-electron chi connectivity index (χ3n) is 22.3. The Morgan fingerprint density at radius 3 is 1.18 bits per heavy atom. The van der Waals surface area contributed by atoms with Crippen LogP contribution in [0.1, 0.15) is 0 Å². The van der Waals surface area contributed by atoms with Crippen molar-refractivity contribution in [2.24, 2.45) is 0 Å². The van der Waals surface area contributed by atoms with E-state index in [-0.39, 0.29) is 13.4 Å². The van der Waals surface area contributed by atoms with Gasteiger partial charge in [0.1, 0.15) is 11.5 Å². The lowest BCUT2D eigenvalue weighted by Gasteiger charge is -2.46. The summed E-state index contributed by atoms with van der Waals surface area (Å²) in [6.45, 7) is -0.412. The first-order chi connectivity index (χ1) is 54.6. The smallest absolute Gasteiger partial charge is 0.253 e. The maximum absolute atomic E-state index is 7.38. The maximum atomic E-state index is 7.38. The molecule has 0 amide bonds. The van der Waals surface area contributed by atoms with Crippen LogP contribution in [-0.4, -0.2) is 13.4 Å². The Kier molecular flexibility index (Phi) is 16.0. The van der Waals surface area contributed by atoms with Gasteiger partial charge in [0.15, 0.2) is 0 Å². The Bertz CT molecular complexity index is 6300. The number of benzene rings is 17. The van der Waals surface area contributed by atoms with Crippen molar-refractivity contribution in [3.63, 3.8) is 0 Å². The van der Waals surface area contributed by atoms with Crippen LogP contribution >= 0.6 is 11.8 Å². The molecule has 0 saturated heterocycles. The fourth-order valence-electron chi connectivity index (χ4n) is 17.4. The zero-order valence-corrected chi connectivity index (χ0v) is 60.8. The van der Waals surface area contributed by atoms with Gasteiger partial charge in [-0.2, -0.15) is 0 Å². The number of ether oxygens (including phenoxy) is 1. The molecule has 0 spiro atoms. The largest absolute Gasteiger partial charge is 0.458 e. The summed E-state index contributed by atoms with van der Waals surface area (Å²) in [5, 5.41) is 0. The number of fused-ring (bicyclic) bond motifs is 8. The summed E-state index contributed by atoms with van der Waals surface area (Å²) in [5.74, 6) is 1.71. The van der Waals surface area contributed by atoms with E-state index in [1.807, 2.05) is 11.8 Å². The Morgan fingerprint density at radius 1 is 0.227 bits per heavy atom. The molecule has 0 atom stereocenters. The van der Waals surface area contributed by atoms with Crippen molar-refractivity contribution in [1.82, 2.24) is 0 Å². The SMILES string of the molecule is c1ccc(-c2ccc(N(c3cccc(-c4ccccc4)c3)c3cc4c5c(c3)Sc3cc6c(cc3B5c3ccccc3O4)B3c4ccccc4N(c4ccccc4)c4cc(N(c5ccc(-c7ccccc7)cc5)c5cccc(-c7ccccc7)c5)cc(c43)N6c3c(-c4ccccc4)cccc3-c3ccccc3)cc2)cc1. The lowest BCUT2D eigenvalue weighted by molar-refractivity contribution is 0.486. The van der Waals surface area contributed by atoms with E-state index in [2.05, 4.69) is 432 Å². The van der Waals surface area contributed by atoms with E-state index in [1.54, 1.807) is 0 Å². The van der Waals surface area contributed by atoms with Crippen molar-refractivity contribution in [3.8, 4) is 78.3 Å². The fraction of sp³-hybridized carbons (Fsp3) is 0. The number of hydrogen-bond acceptors (Lipinski definition) is 6. The van der Waals surface area contributed by atoms with Gasteiger partial charge in [0.2, 0.25) is 0 Å². The van der Waals surface area contributed by atoms with E-state index >= 15 is 0 Å². The molecule has 0 N–H and O–H groups in total. The van der Waals surface area contributed by atoms with Gasteiger partial charge in [-0.3, -0.25) is 0 Å².